The van der Waals surface area contributed by atoms with E-state index in [2.05, 4.69) is 26.6 Å². The summed E-state index contributed by atoms with van der Waals surface area (Å²) in [5.74, 6) is 0.271. The van der Waals surface area contributed by atoms with Crippen LogP contribution in [-0.4, -0.2) is 46.3 Å². The normalized spacial score (nSPS) is 16.2. The van der Waals surface area contributed by atoms with Gasteiger partial charge in [-0.05, 0) is 86.6 Å². The van der Waals surface area contributed by atoms with Crippen molar-refractivity contribution in [1.82, 2.24) is 14.9 Å². The van der Waals surface area contributed by atoms with Gasteiger partial charge < -0.3 is 29.6 Å². The van der Waals surface area contributed by atoms with Crippen LogP contribution in [0, 0.1) is 30.9 Å². The van der Waals surface area contributed by atoms with Crippen molar-refractivity contribution in [2.45, 2.75) is 32.9 Å². The summed E-state index contributed by atoms with van der Waals surface area (Å²) in [4.78, 5) is 30.1. The number of hydrogen-bond acceptors (Lipinski definition) is 7. The van der Waals surface area contributed by atoms with Gasteiger partial charge in [0.15, 0.2) is 5.11 Å². The zero-order chi connectivity index (χ0) is 30.8. The predicted octanol–water partition coefficient (Wildman–Crippen LogP) is 5.48. The SMILES string of the molecule is COCC(=O)Nc1ccc(N2C(=S)NC(c3ccccn3)C2c2cc(C)n(-c3cc([N+](=O)[O-])ccc3OC)c2C)cc1C. The lowest BCUT2D eigenvalue weighted by Crippen LogP contribution is -2.29. The number of thiocarbonyl (C=S) groups is 1. The van der Waals surface area contributed by atoms with Gasteiger partial charge in [0.2, 0.25) is 5.91 Å². The molecule has 2 aromatic heterocycles. The molecular formula is C31H32N6O5S. The van der Waals surface area contributed by atoms with E-state index in [4.69, 9.17) is 21.7 Å². The standard InChI is InChI=1S/C31H32N6O5S/c1-18-14-21(9-11-24(18)33-28(38)17-41-4)36-30(29(34-31(36)43)25-8-6-7-13-32-25)23-15-19(2)35(20(23)3)26-16-22(37(39)40)10-12-27(26)42-5/h6-16,29-30H,17H2,1-5H3,(H,33,38)(H,34,43). The highest BCUT2D eigenvalue weighted by atomic mass is 32.1. The molecule has 222 valence electrons. The number of rotatable bonds is 9. The number of nitrogens with zero attached hydrogens (tertiary/aromatic N) is 4. The number of carbonyl (C=O) groups excluding carboxylic acids is 1. The van der Waals surface area contributed by atoms with E-state index in [9.17, 15) is 14.9 Å². The fraction of sp³-hybridized carbons (Fsp3) is 0.258. The number of nitro benzene ring substituents is 1. The van der Waals surface area contributed by atoms with Gasteiger partial charge in [-0.3, -0.25) is 19.9 Å². The number of benzene rings is 2. The van der Waals surface area contributed by atoms with Gasteiger partial charge in [-0.15, -0.1) is 0 Å². The van der Waals surface area contributed by atoms with Crippen LogP contribution < -0.4 is 20.3 Å². The third kappa shape index (κ3) is 5.66. The van der Waals surface area contributed by atoms with Crippen molar-refractivity contribution in [2.75, 3.05) is 31.0 Å². The molecule has 1 fully saturated rings. The van der Waals surface area contributed by atoms with Gasteiger partial charge in [0, 0.05) is 48.2 Å². The number of nitro groups is 1. The number of pyridine rings is 1. The molecule has 3 heterocycles. The molecule has 12 heteroatoms. The first kappa shape index (κ1) is 29.7. The molecule has 0 aliphatic carbocycles. The largest absolute Gasteiger partial charge is 0.495 e. The number of hydrogen-bond donors (Lipinski definition) is 2. The predicted molar refractivity (Wildman–Crippen MR) is 168 cm³/mol. The molecule has 4 aromatic rings. The Morgan fingerprint density at radius 2 is 1.91 bits per heavy atom. The van der Waals surface area contributed by atoms with Crippen LogP contribution in [0.15, 0.2) is 66.9 Å². The Morgan fingerprint density at radius 3 is 2.56 bits per heavy atom. The number of anilines is 2. The average molecular weight is 601 g/mol. The molecule has 0 saturated carbocycles. The lowest BCUT2D eigenvalue weighted by atomic mass is 9.96. The Morgan fingerprint density at radius 1 is 1.12 bits per heavy atom. The van der Waals surface area contributed by atoms with Crippen LogP contribution in [0.2, 0.25) is 0 Å². The van der Waals surface area contributed by atoms with Crippen LogP contribution in [0.5, 0.6) is 5.75 Å². The highest BCUT2D eigenvalue weighted by Gasteiger charge is 2.42. The molecule has 43 heavy (non-hydrogen) atoms. The van der Waals surface area contributed by atoms with Crippen molar-refractivity contribution in [3.8, 4) is 11.4 Å². The lowest BCUT2D eigenvalue weighted by molar-refractivity contribution is -0.384. The minimum atomic E-state index is -0.417. The van der Waals surface area contributed by atoms with E-state index in [1.54, 1.807) is 19.4 Å². The average Bonchev–Trinajstić information content (AvgIpc) is 3.48. The van der Waals surface area contributed by atoms with Gasteiger partial charge in [-0.2, -0.15) is 0 Å². The van der Waals surface area contributed by atoms with E-state index in [1.165, 1.54) is 19.2 Å². The highest BCUT2D eigenvalue weighted by Crippen LogP contribution is 2.45. The molecule has 1 aliphatic rings. The third-order valence-electron chi connectivity index (χ3n) is 7.54. The van der Waals surface area contributed by atoms with Gasteiger partial charge in [0.1, 0.15) is 12.4 Å². The maximum absolute atomic E-state index is 12.2. The Hall–Kier alpha value is -4.81. The number of ether oxygens (including phenoxy) is 2. The van der Waals surface area contributed by atoms with E-state index in [1.807, 2.05) is 61.7 Å². The number of aryl methyl sites for hydroxylation is 2. The molecule has 1 amide bonds. The molecule has 0 spiro atoms. The molecule has 5 rings (SSSR count). The van der Waals surface area contributed by atoms with Gasteiger partial charge >= 0.3 is 0 Å². The molecule has 0 bridgehead atoms. The second kappa shape index (κ2) is 12.2. The number of methoxy groups -OCH3 is 2. The molecule has 0 radical (unpaired) electrons. The van der Waals surface area contributed by atoms with E-state index in [-0.39, 0.29) is 30.3 Å². The zero-order valence-electron chi connectivity index (χ0n) is 24.5. The van der Waals surface area contributed by atoms with Gasteiger partial charge in [0.05, 0.1) is 35.5 Å². The van der Waals surface area contributed by atoms with Gasteiger partial charge in [0.25, 0.3) is 5.69 Å². The Labute approximate surface area is 254 Å². The Bertz CT molecular complexity index is 1710. The second-order valence-electron chi connectivity index (χ2n) is 10.3. The van der Waals surface area contributed by atoms with E-state index < -0.39 is 4.92 Å². The second-order valence-corrected chi connectivity index (χ2v) is 10.6. The Kier molecular flexibility index (Phi) is 8.42. The topological polar surface area (TPSA) is 124 Å². The zero-order valence-corrected chi connectivity index (χ0v) is 25.3. The molecular weight excluding hydrogens is 568 g/mol. The van der Waals surface area contributed by atoms with Crippen molar-refractivity contribution >= 4 is 40.3 Å². The summed E-state index contributed by atoms with van der Waals surface area (Å²) >= 11 is 5.92. The van der Waals surface area contributed by atoms with E-state index in [0.29, 0.717) is 22.2 Å². The minimum Gasteiger partial charge on any atom is -0.495 e. The number of non-ortho nitro benzene ring substituents is 1. The maximum atomic E-state index is 12.2. The highest BCUT2D eigenvalue weighted by molar-refractivity contribution is 7.80. The molecule has 11 nitrogen and oxygen atoms in total. The monoisotopic (exact) mass is 600 g/mol. The van der Waals surface area contributed by atoms with Crippen molar-refractivity contribution < 1.29 is 19.2 Å². The van der Waals surface area contributed by atoms with Gasteiger partial charge in [-0.1, -0.05) is 6.07 Å². The van der Waals surface area contributed by atoms with Crippen LogP contribution in [0.4, 0.5) is 17.1 Å². The first-order valence-electron chi connectivity index (χ1n) is 13.6. The van der Waals surface area contributed by atoms with Crippen LogP contribution in [0.1, 0.15) is 40.3 Å². The summed E-state index contributed by atoms with van der Waals surface area (Å²) in [6.07, 6.45) is 1.75. The molecule has 2 atom stereocenters. The summed E-state index contributed by atoms with van der Waals surface area (Å²) in [5, 5.41) is 18.5. The molecule has 2 N–H and O–H groups in total. The van der Waals surface area contributed by atoms with Crippen LogP contribution >= 0.6 is 12.2 Å². The van der Waals surface area contributed by atoms with Crippen LogP contribution in [0.3, 0.4) is 0 Å². The maximum Gasteiger partial charge on any atom is 0.271 e. The van der Waals surface area contributed by atoms with Crippen molar-refractivity contribution in [3.05, 3.63) is 105 Å². The van der Waals surface area contributed by atoms with E-state index in [0.717, 1.165) is 33.9 Å². The quantitative estimate of drug-likeness (QED) is 0.146. The fourth-order valence-corrected chi connectivity index (χ4v) is 5.97. The smallest absolute Gasteiger partial charge is 0.271 e. The summed E-state index contributed by atoms with van der Waals surface area (Å²) < 4.78 is 12.5. The number of nitrogens with one attached hydrogen (secondary N) is 2. The Balaban J connectivity index is 1.65. The van der Waals surface area contributed by atoms with Crippen molar-refractivity contribution in [1.29, 1.82) is 0 Å². The van der Waals surface area contributed by atoms with Crippen LogP contribution in [-0.2, 0) is 9.53 Å². The van der Waals surface area contributed by atoms with Crippen molar-refractivity contribution in [2.24, 2.45) is 0 Å². The summed E-state index contributed by atoms with van der Waals surface area (Å²) in [6, 6.07) is 17.5. The fourth-order valence-electron chi connectivity index (χ4n) is 5.63. The van der Waals surface area contributed by atoms with Gasteiger partial charge in [-0.25, -0.2) is 0 Å². The number of aromatic nitrogens is 2. The third-order valence-corrected chi connectivity index (χ3v) is 7.85. The minimum absolute atomic E-state index is 0.0327. The summed E-state index contributed by atoms with van der Waals surface area (Å²) in [7, 11) is 3.02. The summed E-state index contributed by atoms with van der Waals surface area (Å²) in [5.41, 5.74) is 6.43. The molecule has 2 aromatic carbocycles. The van der Waals surface area contributed by atoms with E-state index >= 15 is 0 Å². The molecule has 1 saturated heterocycles. The lowest BCUT2D eigenvalue weighted by Gasteiger charge is -2.29. The first-order chi connectivity index (χ1) is 20.6. The summed E-state index contributed by atoms with van der Waals surface area (Å²) in [6.45, 7) is 5.82. The number of amides is 1. The number of carbonyl (C=O) groups is 1. The van der Waals surface area contributed by atoms with Crippen molar-refractivity contribution in [3.63, 3.8) is 0 Å². The molecule has 1 aliphatic heterocycles. The molecule has 2 unspecified atom stereocenters. The first-order valence-corrected chi connectivity index (χ1v) is 14.0. The van der Waals surface area contributed by atoms with Crippen LogP contribution in [0.25, 0.3) is 5.69 Å².